The molecule has 2 aliphatic heterocycles. The molecule has 148 valence electrons. The first-order valence-corrected chi connectivity index (χ1v) is 9.81. The number of benzene rings is 3. The molecule has 0 bridgehead atoms. The van der Waals surface area contributed by atoms with Gasteiger partial charge in [0.15, 0.2) is 11.5 Å². The lowest BCUT2D eigenvalue weighted by Gasteiger charge is -2.47. The third-order valence-electron chi connectivity index (χ3n) is 5.99. The fourth-order valence-electron chi connectivity index (χ4n) is 4.64. The number of anilines is 1. The maximum Gasteiger partial charge on any atom is 0.161 e. The fourth-order valence-corrected chi connectivity index (χ4v) is 4.64. The number of hydrogen-bond acceptors (Lipinski definition) is 4. The third kappa shape index (κ3) is 2.85. The van der Waals surface area contributed by atoms with Gasteiger partial charge in [-0.05, 0) is 47.4 Å². The summed E-state index contributed by atoms with van der Waals surface area (Å²) in [5, 5.41) is 3.57. The molecule has 0 spiro atoms. The zero-order valence-corrected chi connectivity index (χ0v) is 16.5. The summed E-state index contributed by atoms with van der Waals surface area (Å²) in [4.78, 5) is 2.34. The zero-order chi connectivity index (χ0) is 20.0. The minimum atomic E-state index is -0.239. The summed E-state index contributed by atoms with van der Waals surface area (Å²) in [6, 6.07) is 19.5. The molecular formula is C24H23FN2O2. The number of ether oxygens (including phenoxy) is 2. The Hall–Kier alpha value is -3.05. The van der Waals surface area contributed by atoms with E-state index in [0.29, 0.717) is 11.3 Å². The zero-order valence-electron chi connectivity index (χ0n) is 16.5. The summed E-state index contributed by atoms with van der Waals surface area (Å²) in [5.41, 5.74) is 5.31. The number of methoxy groups -OCH3 is 2. The summed E-state index contributed by atoms with van der Waals surface area (Å²) in [5.74, 6) is 1.26. The van der Waals surface area contributed by atoms with E-state index in [2.05, 4.69) is 40.5 Å². The van der Waals surface area contributed by atoms with E-state index in [-0.39, 0.29) is 18.0 Å². The molecule has 2 heterocycles. The van der Waals surface area contributed by atoms with Crippen molar-refractivity contribution in [3.8, 4) is 11.5 Å². The molecular weight excluding hydrogens is 367 g/mol. The van der Waals surface area contributed by atoms with Crippen molar-refractivity contribution in [2.45, 2.75) is 18.6 Å². The quantitative estimate of drug-likeness (QED) is 0.689. The highest BCUT2D eigenvalue weighted by Gasteiger charge is 2.40. The summed E-state index contributed by atoms with van der Waals surface area (Å²) in [7, 11) is 3.32. The Balaban J connectivity index is 1.70. The molecule has 0 radical (unpaired) electrons. The van der Waals surface area contributed by atoms with Gasteiger partial charge in [-0.1, -0.05) is 36.4 Å². The molecule has 2 atom stereocenters. The van der Waals surface area contributed by atoms with Gasteiger partial charge in [-0.15, -0.1) is 0 Å². The van der Waals surface area contributed by atoms with Gasteiger partial charge >= 0.3 is 0 Å². The van der Waals surface area contributed by atoms with E-state index in [1.54, 1.807) is 20.3 Å². The summed E-state index contributed by atoms with van der Waals surface area (Å²) >= 11 is 0. The summed E-state index contributed by atoms with van der Waals surface area (Å²) in [6.07, 6.45) is 0.624. The molecule has 5 rings (SSSR count). The van der Waals surface area contributed by atoms with Crippen LogP contribution in [0.1, 0.15) is 34.5 Å². The van der Waals surface area contributed by atoms with Gasteiger partial charge in [-0.2, -0.15) is 0 Å². The predicted molar refractivity (Wildman–Crippen MR) is 111 cm³/mol. The van der Waals surface area contributed by atoms with Gasteiger partial charge in [0, 0.05) is 17.8 Å². The fraction of sp³-hybridized carbons (Fsp3) is 0.250. The van der Waals surface area contributed by atoms with Crippen LogP contribution in [0.15, 0.2) is 60.7 Å². The maximum atomic E-state index is 14.7. The molecule has 0 aliphatic carbocycles. The van der Waals surface area contributed by atoms with E-state index in [1.807, 2.05) is 18.2 Å². The average Bonchev–Trinajstić information content (AvgIpc) is 2.77. The molecule has 0 aromatic heterocycles. The molecule has 0 saturated heterocycles. The topological polar surface area (TPSA) is 33.7 Å². The van der Waals surface area contributed by atoms with Crippen molar-refractivity contribution in [2.24, 2.45) is 0 Å². The average molecular weight is 390 g/mol. The van der Waals surface area contributed by atoms with Gasteiger partial charge in [0.2, 0.25) is 0 Å². The van der Waals surface area contributed by atoms with E-state index in [9.17, 15) is 4.39 Å². The Morgan fingerprint density at radius 2 is 1.59 bits per heavy atom. The molecule has 0 saturated carbocycles. The second-order valence-electron chi connectivity index (χ2n) is 7.45. The van der Waals surface area contributed by atoms with Crippen LogP contribution in [0.25, 0.3) is 0 Å². The van der Waals surface area contributed by atoms with Crippen molar-refractivity contribution in [2.75, 3.05) is 26.1 Å². The highest BCUT2D eigenvalue weighted by atomic mass is 19.1. The lowest BCUT2D eigenvalue weighted by Crippen LogP contribution is -2.45. The van der Waals surface area contributed by atoms with Crippen LogP contribution in [0.3, 0.4) is 0 Å². The number of hydrogen-bond donors (Lipinski definition) is 1. The predicted octanol–water partition coefficient (Wildman–Crippen LogP) is 4.91. The first-order chi connectivity index (χ1) is 14.2. The standard InChI is InChI=1S/C24H23FN2O2/c1-28-21-13-15-11-12-27-23(18(15)14-22(21)29-2)17-8-4-6-10-20(17)26-24(27)16-7-3-5-9-19(16)25/h3-10,13-14,23-24,26H,11-12H2,1-2H3/t23-,24-/m1/s1. The number of fused-ring (bicyclic) bond motifs is 5. The van der Waals surface area contributed by atoms with Gasteiger partial charge in [-0.3, -0.25) is 4.90 Å². The van der Waals surface area contributed by atoms with E-state index in [0.717, 1.165) is 24.4 Å². The molecule has 0 unspecified atom stereocenters. The Morgan fingerprint density at radius 3 is 2.34 bits per heavy atom. The number of rotatable bonds is 3. The van der Waals surface area contributed by atoms with E-state index < -0.39 is 0 Å². The minimum absolute atomic E-state index is 0.0145. The Labute approximate surface area is 169 Å². The highest BCUT2D eigenvalue weighted by Crippen LogP contribution is 2.49. The van der Waals surface area contributed by atoms with Crippen molar-refractivity contribution in [3.05, 3.63) is 88.7 Å². The molecule has 2 aliphatic rings. The number of nitrogens with one attached hydrogen (secondary N) is 1. The molecule has 5 heteroatoms. The van der Waals surface area contributed by atoms with Gasteiger partial charge in [0.25, 0.3) is 0 Å². The molecule has 0 fully saturated rings. The van der Waals surface area contributed by atoms with Crippen molar-refractivity contribution in [1.82, 2.24) is 4.90 Å². The second-order valence-corrected chi connectivity index (χ2v) is 7.45. The van der Waals surface area contributed by atoms with Crippen molar-refractivity contribution in [1.29, 1.82) is 0 Å². The first kappa shape index (κ1) is 18.0. The maximum absolute atomic E-state index is 14.7. The van der Waals surface area contributed by atoms with Crippen LogP contribution >= 0.6 is 0 Å². The molecule has 3 aromatic carbocycles. The van der Waals surface area contributed by atoms with Crippen LogP contribution in [-0.4, -0.2) is 25.7 Å². The third-order valence-corrected chi connectivity index (χ3v) is 5.99. The van der Waals surface area contributed by atoms with Crippen molar-refractivity contribution < 1.29 is 13.9 Å². The molecule has 4 nitrogen and oxygen atoms in total. The smallest absolute Gasteiger partial charge is 0.161 e. The summed E-state index contributed by atoms with van der Waals surface area (Å²) in [6.45, 7) is 0.813. The number of halogens is 1. The molecule has 3 aromatic rings. The van der Waals surface area contributed by atoms with Crippen LogP contribution < -0.4 is 14.8 Å². The normalized spacial score (nSPS) is 20.1. The second kappa shape index (κ2) is 7.08. The highest BCUT2D eigenvalue weighted by molar-refractivity contribution is 5.61. The Kier molecular flexibility index (Phi) is 4.40. The first-order valence-electron chi connectivity index (χ1n) is 9.81. The van der Waals surface area contributed by atoms with Crippen LogP contribution in [0.4, 0.5) is 10.1 Å². The molecule has 0 amide bonds. The largest absolute Gasteiger partial charge is 0.493 e. The molecule has 1 N–H and O–H groups in total. The lowest BCUT2D eigenvalue weighted by atomic mass is 9.84. The molecule has 29 heavy (non-hydrogen) atoms. The number of para-hydroxylation sites is 1. The minimum Gasteiger partial charge on any atom is -0.493 e. The van der Waals surface area contributed by atoms with Crippen molar-refractivity contribution in [3.63, 3.8) is 0 Å². The van der Waals surface area contributed by atoms with Crippen LogP contribution in [-0.2, 0) is 6.42 Å². The van der Waals surface area contributed by atoms with Crippen LogP contribution in [0.5, 0.6) is 11.5 Å². The van der Waals surface area contributed by atoms with Crippen molar-refractivity contribution >= 4 is 5.69 Å². The van der Waals surface area contributed by atoms with E-state index in [4.69, 9.17) is 9.47 Å². The van der Waals surface area contributed by atoms with Crippen LogP contribution in [0.2, 0.25) is 0 Å². The Morgan fingerprint density at radius 1 is 0.897 bits per heavy atom. The Bertz CT molecular complexity index is 1070. The number of nitrogens with zero attached hydrogens (tertiary/aromatic N) is 1. The van der Waals surface area contributed by atoms with Gasteiger partial charge in [-0.25, -0.2) is 4.39 Å². The SMILES string of the molecule is COc1cc2c(cc1OC)[C@H]1c3ccccc3N[C@@H](c3ccccc3F)N1CC2. The van der Waals surface area contributed by atoms with Gasteiger partial charge in [0.1, 0.15) is 12.0 Å². The van der Waals surface area contributed by atoms with E-state index >= 15 is 0 Å². The van der Waals surface area contributed by atoms with Gasteiger partial charge < -0.3 is 14.8 Å². The van der Waals surface area contributed by atoms with Crippen LogP contribution in [0, 0.1) is 5.82 Å². The summed E-state index contributed by atoms with van der Waals surface area (Å²) < 4.78 is 25.8. The lowest BCUT2D eigenvalue weighted by molar-refractivity contribution is 0.150. The monoisotopic (exact) mass is 390 g/mol. The van der Waals surface area contributed by atoms with Gasteiger partial charge in [0.05, 0.1) is 20.3 Å². The van der Waals surface area contributed by atoms with E-state index in [1.165, 1.54) is 22.8 Å².